The Labute approximate surface area is 116 Å². The number of rotatable bonds is 4. The molecule has 1 fully saturated rings. The molecule has 1 saturated heterocycles. The third-order valence-electron chi connectivity index (χ3n) is 3.19. The highest BCUT2D eigenvalue weighted by Gasteiger charge is 2.21. The fourth-order valence-electron chi connectivity index (χ4n) is 2.10. The predicted molar refractivity (Wildman–Crippen MR) is 75.1 cm³/mol. The summed E-state index contributed by atoms with van der Waals surface area (Å²) >= 11 is 3.35. The van der Waals surface area contributed by atoms with Crippen LogP contribution in [-0.2, 0) is 10.0 Å². The number of nitrogens with one attached hydrogen (secondary N) is 2. The zero-order valence-electron chi connectivity index (χ0n) is 10.2. The Balaban J connectivity index is 2.12. The predicted octanol–water partition coefficient (Wildman–Crippen LogP) is 1.79. The van der Waals surface area contributed by atoms with Gasteiger partial charge in [0, 0.05) is 17.1 Å². The molecule has 6 heteroatoms. The van der Waals surface area contributed by atoms with Gasteiger partial charge in [-0.1, -0.05) is 22.0 Å². The quantitative estimate of drug-likeness (QED) is 0.883. The summed E-state index contributed by atoms with van der Waals surface area (Å²) in [6, 6.07) is 5.46. The topological polar surface area (TPSA) is 58.2 Å². The summed E-state index contributed by atoms with van der Waals surface area (Å²) in [6.45, 7) is 3.23. The van der Waals surface area contributed by atoms with E-state index in [9.17, 15) is 8.42 Å². The summed E-state index contributed by atoms with van der Waals surface area (Å²) in [7, 11) is -3.42. The van der Waals surface area contributed by atoms with Crippen molar-refractivity contribution in [2.45, 2.75) is 30.7 Å². The van der Waals surface area contributed by atoms with E-state index in [1.165, 1.54) is 0 Å². The summed E-state index contributed by atoms with van der Waals surface area (Å²) in [5, 5.41) is 3.27. The minimum absolute atomic E-state index is 0.257. The van der Waals surface area contributed by atoms with Gasteiger partial charge in [0.15, 0.2) is 0 Å². The van der Waals surface area contributed by atoms with Crippen molar-refractivity contribution in [2.75, 3.05) is 13.1 Å². The largest absolute Gasteiger partial charge is 0.313 e. The lowest BCUT2D eigenvalue weighted by Gasteiger charge is -2.13. The van der Waals surface area contributed by atoms with Gasteiger partial charge in [0.2, 0.25) is 10.0 Å². The molecule has 1 atom stereocenters. The van der Waals surface area contributed by atoms with Gasteiger partial charge in [0.05, 0.1) is 4.90 Å². The SMILES string of the molecule is Cc1c(Br)cccc1S(=O)(=O)NCC1CCCN1. The number of sulfonamides is 1. The fraction of sp³-hybridized carbons (Fsp3) is 0.500. The lowest BCUT2D eigenvalue weighted by Crippen LogP contribution is -2.37. The number of halogens is 1. The normalized spacial score (nSPS) is 20.2. The number of hydrogen-bond donors (Lipinski definition) is 2. The molecule has 1 aromatic rings. The molecule has 4 nitrogen and oxygen atoms in total. The van der Waals surface area contributed by atoms with Crippen LogP contribution in [0.25, 0.3) is 0 Å². The van der Waals surface area contributed by atoms with Crippen LogP contribution in [0.1, 0.15) is 18.4 Å². The molecule has 1 unspecified atom stereocenters. The van der Waals surface area contributed by atoms with Crippen molar-refractivity contribution in [3.05, 3.63) is 28.2 Å². The number of benzene rings is 1. The van der Waals surface area contributed by atoms with E-state index in [1.54, 1.807) is 19.1 Å². The molecule has 0 amide bonds. The standard InChI is InChI=1S/C12H17BrN2O2S/c1-9-11(13)5-2-6-12(9)18(16,17)15-8-10-4-3-7-14-10/h2,5-6,10,14-15H,3-4,7-8H2,1H3. The first-order valence-corrected chi connectivity index (χ1v) is 8.26. The molecule has 1 aliphatic heterocycles. The maximum Gasteiger partial charge on any atom is 0.240 e. The van der Waals surface area contributed by atoms with Crippen molar-refractivity contribution >= 4 is 26.0 Å². The highest BCUT2D eigenvalue weighted by Crippen LogP contribution is 2.23. The molecule has 100 valence electrons. The van der Waals surface area contributed by atoms with Crippen LogP contribution in [0, 0.1) is 6.92 Å². The van der Waals surface area contributed by atoms with Crippen molar-refractivity contribution < 1.29 is 8.42 Å². The zero-order valence-corrected chi connectivity index (χ0v) is 12.6. The van der Waals surface area contributed by atoms with Gasteiger partial charge in [-0.15, -0.1) is 0 Å². The van der Waals surface area contributed by atoms with E-state index in [4.69, 9.17) is 0 Å². The van der Waals surface area contributed by atoms with Gasteiger partial charge < -0.3 is 5.32 Å². The minimum atomic E-state index is -3.42. The Hall–Kier alpha value is -0.430. The maximum absolute atomic E-state index is 12.2. The molecular formula is C12H17BrN2O2S. The van der Waals surface area contributed by atoms with E-state index in [0.717, 1.165) is 29.4 Å². The zero-order chi connectivity index (χ0) is 13.2. The van der Waals surface area contributed by atoms with E-state index in [1.807, 2.05) is 6.07 Å². The van der Waals surface area contributed by atoms with Gasteiger partial charge in [-0.05, 0) is 44.0 Å². The van der Waals surface area contributed by atoms with Crippen molar-refractivity contribution in [1.82, 2.24) is 10.0 Å². The molecule has 0 saturated carbocycles. The lowest BCUT2D eigenvalue weighted by atomic mass is 10.2. The minimum Gasteiger partial charge on any atom is -0.313 e. The first-order chi connectivity index (χ1) is 8.50. The molecular weight excluding hydrogens is 316 g/mol. The van der Waals surface area contributed by atoms with Crippen LogP contribution in [0.15, 0.2) is 27.6 Å². The third kappa shape index (κ3) is 3.12. The Kier molecular flexibility index (Phi) is 4.42. The summed E-state index contributed by atoms with van der Waals surface area (Å²) in [4.78, 5) is 0.342. The molecule has 1 heterocycles. The summed E-state index contributed by atoms with van der Waals surface area (Å²) in [5.74, 6) is 0. The van der Waals surface area contributed by atoms with Gasteiger partial charge in [-0.3, -0.25) is 0 Å². The molecule has 18 heavy (non-hydrogen) atoms. The van der Waals surface area contributed by atoms with Gasteiger partial charge >= 0.3 is 0 Å². The summed E-state index contributed by atoms with van der Waals surface area (Å²) < 4.78 is 27.9. The highest BCUT2D eigenvalue weighted by atomic mass is 79.9. The van der Waals surface area contributed by atoms with Crippen LogP contribution < -0.4 is 10.0 Å². The molecule has 1 aromatic carbocycles. The van der Waals surface area contributed by atoms with Crippen LogP contribution in [0.3, 0.4) is 0 Å². The van der Waals surface area contributed by atoms with Crippen molar-refractivity contribution in [1.29, 1.82) is 0 Å². The van der Waals surface area contributed by atoms with E-state index in [2.05, 4.69) is 26.0 Å². The second kappa shape index (κ2) is 5.69. The van der Waals surface area contributed by atoms with E-state index < -0.39 is 10.0 Å². The van der Waals surface area contributed by atoms with Crippen molar-refractivity contribution in [3.63, 3.8) is 0 Å². The van der Waals surface area contributed by atoms with Gasteiger partial charge in [0.1, 0.15) is 0 Å². The van der Waals surface area contributed by atoms with Crippen LogP contribution in [0.4, 0.5) is 0 Å². The van der Waals surface area contributed by atoms with E-state index >= 15 is 0 Å². The molecule has 0 aliphatic carbocycles. The van der Waals surface area contributed by atoms with Crippen LogP contribution in [0.5, 0.6) is 0 Å². The van der Waals surface area contributed by atoms with E-state index in [-0.39, 0.29) is 6.04 Å². The summed E-state index contributed by atoms with van der Waals surface area (Å²) in [5.41, 5.74) is 0.740. The van der Waals surface area contributed by atoms with Crippen LogP contribution in [-0.4, -0.2) is 27.5 Å². The molecule has 2 rings (SSSR count). The highest BCUT2D eigenvalue weighted by molar-refractivity contribution is 9.10. The van der Waals surface area contributed by atoms with Gasteiger partial charge in [-0.25, -0.2) is 13.1 Å². The smallest absolute Gasteiger partial charge is 0.240 e. The molecule has 1 aliphatic rings. The second-order valence-electron chi connectivity index (χ2n) is 4.51. The first-order valence-electron chi connectivity index (χ1n) is 5.99. The Morgan fingerprint density at radius 2 is 2.28 bits per heavy atom. The van der Waals surface area contributed by atoms with E-state index in [0.29, 0.717) is 11.4 Å². The van der Waals surface area contributed by atoms with Crippen LogP contribution in [0.2, 0.25) is 0 Å². The Bertz CT molecular complexity index is 525. The average molecular weight is 333 g/mol. The fourth-order valence-corrected chi connectivity index (χ4v) is 3.94. The molecule has 0 radical (unpaired) electrons. The Morgan fingerprint density at radius 1 is 1.50 bits per heavy atom. The lowest BCUT2D eigenvalue weighted by molar-refractivity contribution is 0.551. The van der Waals surface area contributed by atoms with Crippen LogP contribution >= 0.6 is 15.9 Å². The van der Waals surface area contributed by atoms with Crippen molar-refractivity contribution in [2.24, 2.45) is 0 Å². The van der Waals surface area contributed by atoms with Crippen molar-refractivity contribution in [3.8, 4) is 0 Å². The second-order valence-corrected chi connectivity index (χ2v) is 7.10. The Morgan fingerprint density at radius 3 is 2.94 bits per heavy atom. The number of hydrogen-bond acceptors (Lipinski definition) is 3. The monoisotopic (exact) mass is 332 g/mol. The first kappa shape index (κ1) is 14.0. The molecule has 0 bridgehead atoms. The van der Waals surface area contributed by atoms with Gasteiger partial charge in [0.25, 0.3) is 0 Å². The maximum atomic E-state index is 12.2. The average Bonchev–Trinajstić information content (AvgIpc) is 2.83. The molecule has 0 spiro atoms. The third-order valence-corrected chi connectivity index (χ3v) is 5.62. The molecule has 2 N–H and O–H groups in total. The van der Waals surface area contributed by atoms with Gasteiger partial charge in [-0.2, -0.15) is 0 Å². The summed E-state index contributed by atoms with van der Waals surface area (Å²) in [6.07, 6.45) is 2.14. The molecule has 0 aromatic heterocycles.